The van der Waals surface area contributed by atoms with Gasteiger partial charge in [-0.25, -0.2) is 0 Å². The van der Waals surface area contributed by atoms with Gasteiger partial charge in [0.25, 0.3) is 0 Å². The minimum absolute atomic E-state index is 0.00132. The Hall–Kier alpha value is -1.96. The lowest BCUT2D eigenvalue weighted by molar-refractivity contribution is -0.137. The minimum atomic E-state index is -4.51. The van der Waals surface area contributed by atoms with Crippen LogP contribution in [-0.4, -0.2) is 35.3 Å². The summed E-state index contributed by atoms with van der Waals surface area (Å²) in [6.45, 7) is 0.894. The summed E-state index contributed by atoms with van der Waals surface area (Å²) in [5.74, 6) is -0.392. The van der Waals surface area contributed by atoms with Gasteiger partial charge >= 0.3 is 6.18 Å². The van der Waals surface area contributed by atoms with Crippen LogP contribution in [0, 0.1) is 0 Å². The van der Waals surface area contributed by atoms with Gasteiger partial charge in [-0.15, -0.1) is 0 Å². The summed E-state index contributed by atoms with van der Waals surface area (Å²) < 4.78 is 38.3. The third-order valence-electron chi connectivity index (χ3n) is 3.44. The Labute approximate surface area is 119 Å². The van der Waals surface area contributed by atoms with E-state index in [1.807, 2.05) is 0 Å². The molecule has 1 aliphatic heterocycles. The van der Waals surface area contributed by atoms with E-state index in [0.29, 0.717) is 25.2 Å². The summed E-state index contributed by atoms with van der Waals surface area (Å²) in [5.41, 5.74) is 5.04. The number of hydrogen-bond donors (Lipinski definition) is 3. The van der Waals surface area contributed by atoms with Crippen LogP contribution in [0.5, 0.6) is 0 Å². The standard InChI is InChI=1S/C13H16F3N3O2/c14-13(15,16)8-3-4-11(10(6-8)12(17)18-21)19-5-1-2-9(20)7-19/h3-4,6,9,20-21H,1-2,5,7H2,(H2,17,18). The monoisotopic (exact) mass is 303 g/mol. The van der Waals surface area contributed by atoms with Crippen molar-refractivity contribution in [1.82, 2.24) is 0 Å². The fraction of sp³-hybridized carbons (Fsp3) is 0.462. The van der Waals surface area contributed by atoms with Crippen LogP contribution in [0.25, 0.3) is 0 Å². The van der Waals surface area contributed by atoms with E-state index in [1.54, 1.807) is 4.90 Å². The van der Waals surface area contributed by atoms with Crippen molar-refractivity contribution in [1.29, 1.82) is 0 Å². The SMILES string of the molecule is NC(=NO)c1cc(C(F)(F)F)ccc1N1CCCC(O)C1. The van der Waals surface area contributed by atoms with E-state index in [2.05, 4.69) is 5.16 Å². The van der Waals surface area contributed by atoms with Crippen molar-refractivity contribution in [2.24, 2.45) is 10.9 Å². The summed E-state index contributed by atoms with van der Waals surface area (Å²) in [5, 5.41) is 21.2. The number of hydrogen-bond acceptors (Lipinski definition) is 4. The third-order valence-corrected chi connectivity index (χ3v) is 3.44. The van der Waals surface area contributed by atoms with Crippen LogP contribution >= 0.6 is 0 Å². The average Bonchev–Trinajstić information content (AvgIpc) is 2.45. The van der Waals surface area contributed by atoms with Crippen molar-refractivity contribution in [3.05, 3.63) is 29.3 Å². The molecule has 1 heterocycles. The van der Waals surface area contributed by atoms with Gasteiger partial charge in [0, 0.05) is 24.3 Å². The first-order valence-corrected chi connectivity index (χ1v) is 6.45. The first-order chi connectivity index (χ1) is 9.82. The highest BCUT2D eigenvalue weighted by molar-refractivity contribution is 6.02. The summed E-state index contributed by atoms with van der Waals surface area (Å²) >= 11 is 0. The Morgan fingerprint density at radius 3 is 2.67 bits per heavy atom. The van der Waals surface area contributed by atoms with E-state index in [0.717, 1.165) is 18.6 Å². The summed E-state index contributed by atoms with van der Waals surface area (Å²) in [6, 6.07) is 3.09. The zero-order valence-electron chi connectivity index (χ0n) is 11.1. The lowest BCUT2D eigenvalue weighted by Crippen LogP contribution is -2.39. The van der Waals surface area contributed by atoms with E-state index < -0.39 is 23.7 Å². The maximum absolute atomic E-state index is 12.8. The number of nitrogens with zero attached hydrogens (tertiary/aromatic N) is 2. The molecule has 8 heteroatoms. The molecule has 0 spiro atoms. The zero-order chi connectivity index (χ0) is 15.6. The van der Waals surface area contributed by atoms with Gasteiger partial charge in [-0.3, -0.25) is 0 Å². The molecule has 0 radical (unpaired) electrons. The van der Waals surface area contributed by atoms with Gasteiger partial charge in [0.2, 0.25) is 0 Å². The molecule has 0 bridgehead atoms. The molecule has 4 N–H and O–H groups in total. The van der Waals surface area contributed by atoms with Gasteiger partial charge in [-0.2, -0.15) is 13.2 Å². The van der Waals surface area contributed by atoms with Crippen molar-refractivity contribution in [3.63, 3.8) is 0 Å². The molecule has 0 saturated carbocycles. The van der Waals surface area contributed by atoms with Gasteiger partial charge in [-0.1, -0.05) is 5.16 Å². The number of amidine groups is 1. The van der Waals surface area contributed by atoms with Crippen LogP contribution in [-0.2, 0) is 6.18 Å². The van der Waals surface area contributed by atoms with Gasteiger partial charge in [0.1, 0.15) is 0 Å². The predicted molar refractivity (Wildman–Crippen MR) is 71.4 cm³/mol. The highest BCUT2D eigenvalue weighted by Crippen LogP contribution is 2.33. The molecule has 1 unspecified atom stereocenters. The number of aliphatic hydroxyl groups is 1. The van der Waals surface area contributed by atoms with Gasteiger partial charge in [0.15, 0.2) is 5.84 Å². The number of halogens is 3. The molecule has 0 aliphatic carbocycles. The molecule has 1 aromatic carbocycles. The van der Waals surface area contributed by atoms with Gasteiger partial charge in [0.05, 0.1) is 11.7 Å². The quantitative estimate of drug-likeness (QED) is 0.336. The second kappa shape index (κ2) is 5.80. The third kappa shape index (κ3) is 3.38. The molecule has 116 valence electrons. The summed E-state index contributed by atoms with van der Waals surface area (Å²) in [6.07, 6.45) is -3.68. The van der Waals surface area contributed by atoms with Crippen LogP contribution in [0.2, 0.25) is 0 Å². The lowest BCUT2D eigenvalue weighted by Gasteiger charge is -2.33. The fourth-order valence-electron chi connectivity index (χ4n) is 2.42. The topological polar surface area (TPSA) is 82.1 Å². The van der Waals surface area contributed by atoms with Crippen LogP contribution in [0.3, 0.4) is 0 Å². The van der Waals surface area contributed by atoms with Crippen LogP contribution in [0.1, 0.15) is 24.0 Å². The molecule has 0 aromatic heterocycles. The lowest BCUT2D eigenvalue weighted by atomic mass is 10.0. The Kier molecular flexibility index (Phi) is 4.26. The Morgan fingerprint density at radius 1 is 1.38 bits per heavy atom. The van der Waals surface area contributed by atoms with Crippen molar-refractivity contribution >= 4 is 11.5 Å². The highest BCUT2D eigenvalue weighted by Gasteiger charge is 2.32. The van der Waals surface area contributed by atoms with Crippen LogP contribution in [0.15, 0.2) is 23.4 Å². The maximum Gasteiger partial charge on any atom is 0.416 e. The van der Waals surface area contributed by atoms with Crippen molar-refractivity contribution < 1.29 is 23.5 Å². The number of β-amino-alcohol motifs (C(OH)–C–C–N with tert-alkyl or cyclic N) is 1. The Bertz CT molecular complexity index is 546. The molecule has 5 nitrogen and oxygen atoms in total. The second-order valence-electron chi connectivity index (χ2n) is 4.96. The molecule has 1 aromatic rings. The molecular formula is C13H16F3N3O2. The molecule has 0 amide bonds. The minimum Gasteiger partial charge on any atom is -0.409 e. The summed E-state index contributed by atoms with van der Waals surface area (Å²) in [4.78, 5) is 1.74. The second-order valence-corrected chi connectivity index (χ2v) is 4.96. The molecule has 21 heavy (non-hydrogen) atoms. The van der Waals surface area contributed by atoms with Gasteiger partial charge in [-0.05, 0) is 31.0 Å². The normalized spacial score (nSPS) is 20.7. The van der Waals surface area contributed by atoms with Crippen molar-refractivity contribution in [2.45, 2.75) is 25.1 Å². The molecule has 1 aliphatic rings. The number of aliphatic hydroxyl groups excluding tert-OH is 1. The molecular weight excluding hydrogens is 287 g/mol. The van der Waals surface area contributed by atoms with E-state index in [9.17, 15) is 18.3 Å². The maximum atomic E-state index is 12.8. The Balaban J connectivity index is 2.45. The number of oxime groups is 1. The van der Waals surface area contributed by atoms with E-state index in [1.165, 1.54) is 6.07 Å². The smallest absolute Gasteiger partial charge is 0.409 e. The van der Waals surface area contributed by atoms with E-state index in [-0.39, 0.29) is 5.56 Å². The van der Waals surface area contributed by atoms with Crippen molar-refractivity contribution in [3.8, 4) is 0 Å². The first-order valence-electron chi connectivity index (χ1n) is 6.45. The largest absolute Gasteiger partial charge is 0.416 e. The number of rotatable bonds is 2. The van der Waals surface area contributed by atoms with E-state index in [4.69, 9.17) is 10.9 Å². The molecule has 1 saturated heterocycles. The Morgan fingerprint density at radius 2 is 2.10 bits per heavy atom. The number of piperidine rings is 1. The molecule has 1 atom stereocenters. The number of anilines is 1. The number of benzene rings is 1. The van der Waals surface area contributed by atoms with Gasteiger partial charge < -0.3 is 20.9 Å². The highest BCUT2D eigenvalue weighted by atomic mass is 19.4. The van der Waals surface area contributed by atoms with E-state index >= 15 is 0 Å². The fourth-order valence-corrected chi connectivity index (χ4v) is 2.42. The van der Waals surface area contributed by atoms with Crippen LogP contribution in [0.4, 0.5) is 18.9 Å². The number of nitrogens with two attached hydrogens (primary N) is 1. The van der Waals surface area contributed by atoms with Crippen LogP contribution < -0.4 is 10.6 Å². The van der Waals surface area contributed by atoms with Crippen molar-refractivity contribution in [2.75, 3.05) is 18.0 Å². The zero-order valence-corrected chi connectivity index (χ0v) is 11.1. The molecule has 1 fully saturated rings. The predicted octanol–water partition coefficient (Wildman–Crippen LogP) is 1.76. The average molecular weight is 303 g/mol. The molecule has 2 rings (SSSR count). The number of alkyl halides is 3. The summed E-state index contributed by atoms with van der Waals surface area (Å²) in [7, 11) is 0. The first kappa shape index (κ1) is 15.4.